The summed E-state index contributed by atoms with van der Waals surface area (Å²) in [5.41, 5.74) is -0.309. The first-order valence-corrected chi connectivity index (χ1v) is 12.5. The molecule has 1 atom stereocenters. The van der Waals surface area contributed by atoms with Gasteiger partial charge in [-0.3, -0.25) is 9.59 Å². The number of amides is 1. The highest BCUT2D eigenvalue weighted by Crippen LogP contribution is 2.36. The first-order valence-electron chi connectivity index (χ1n) is 11.1. The van der Waals surface area contributed by atoms with Gasteiger partial charge in [0.1, 0.15) is 0 Å². The van der Waals surface area contributed by atoms with Crippen molar-refractivity contribution in [1.29, 1.82) is 0 Å². The van der Waals surface area contributed by atoms with Crippen LogP contribution in [0.25, 0.3) is 0 Å². The zero-order valence-corrected chi connectivity index (χ0v) is 20.2. The van der Waals surface area contributed by atoms with Crippen molar-refractivity contribution in [3.05, 3.63) is 65.7 Å². The van der Waals surface area contributed by atoms with Crippen LogP contribution in [-0.4, -0.2) is 55.7 Å². The third-order valence-electron chi connectivity index (χ3n) is 5.88. The molecule has 11 heteroatoms. The van der Waals surface area contributed by atoms with Crippen LogP contribution in [0.4, 0.5) is 13.2 Å². The summed E-state index contributed by atoms with van der Waals surface area (Å²) in [5, 5.41) is 0. The van der Waals surface area contributed by atoms with Gasteiger partial charge in [0.2, 0.25) is 10.0 Å². The molecule has 0 aromatic heterocycles. The van der Waals surface area contributed by atoms with Gasteiger partial charge in [-0.15, -0.1) is 0 Å². The highest BCUT2D eigenvalue weighted by molar-refractivity contribution is 7.89. The van der Waals surface area contributed by atoms with E-state index in [4.69, 9.17) is 4.74 Å². The van der Waals surface area contributed by atoms with Gasteiger partial charge in [-0.05, 0) is 37.5 Å². The Morgan fingerprint density at radius 2 is 1.63 bits per heavy atom. The van der Waals surface area contributed by atoms with Crippen LogP contribution in [0, 0.1) is 5.92 Å². The molecule has 7 nitrogen and oxygen atoms in total. The number of alkyl halides is 3. The van der Waals surface area contributed by atoms with Crippen molar-refractivity contribution in [1.82, 2.24) is 9.21 Å². The summed E-state index contributed by atoms with van der Waals surface area (Å²) in [6.07, 6.45) is -5.70. The standard InChI is InChI=1S/C24H27F3N2O5S/c1-17(22(30)28(2)16-18-8-4-3-5-9-18)34-23(31)19-12-14-29(15-13-19)35(32,33)21-11-7-6-10-20(21)24(25,26)27/h3-11,17,19H,12-16H2,1-2H3/t17-/m1/s1. The molecule has 2 aromatic carbocycles. The molecule has 2 aromatic rings. The van der Waals surface area contributed by atoms with Crippen molar-refractivity contribution < 1.29 is 35.9 Å². The maximum Gasteiger partial charge on any atom is 0.417 e. The van der Waals surface area contributed by atoms with Crippen LogP contribution in [0.2, 0.25) is 0 Å². The summed E-state index contributed by atoms with van der Waals surface area (Å²) in [5.74, 6) is -1.67. The Bertz CT molecular complexity index is 1150. The maximum atomic E-state index is 13.3. The van der Waals surface area contributed by atoms with Crippen LogP contribution in [0.15, 0.2) is 59.5 Å². The molecule has 0 N–H and O–H groups in total. The molecular weight excluding hydrogens is 485 g/mol. The van der Waals surface area contributed by atoms with Crippen molar-refractivity contribution >= 4 is 21.9 Å². The molecular formula is C24H27F3N2O5S. The fourth-order valence-corrected chi connectivity index (χ4v) is 5.65. The number of esters is 1. The van der Waals surface area contributed by atoms with E-state index in [-0.39, 0.29) is 31.8 Å². The van der Waals surface area contributed by atoms with Gasteiger partial charge in [0.15, 0.2) is 6.10 Å². The van der Waals surface area contributed by atoms with Crippen molar-refractivity contribution in [3.63, 3.8) is 0 Å². The van der Waals surface area contributed by atoms with Crippen LogP contribution < -0.4 is 0 Å². The van der Waals surface area contributed by atoms with Gasteiger partial charge in [-0.2, -0.15) is 17.5 Å². The number of carbonyl (C=O) groups is 2. The van der Waals surface area contributed by atoms with E-state index in [0.717, 1.165) is 28.1 Å². The summed E-state index contributed by atoms with van der Waals surface area (Å²) >= 11 is 0. The lowest BCUT2D eigenvalue weighted by molar-refractivity contribution is -0.163. The fraction of sp³-hybridized carbons (Fsp3) is 0.417. The molecule has 1 amide bonds. The van der Waals surface area contributed by atoms with Crippen LogP contribution >= 0.6 is 0 Å². The summed E-state index contributed by atoms with van der Waals surface area (Å²) in [6.45, 7) is 1.54. The van der Waals surface area contributed by atoms with Crippen molar-refractivity contribution in [3.8, 4) is 0 Å². The van der Waals surface area contributed by atoms with E-state index in [0.29, 0.717) is 6.54 Å². The number of sulfonamides is 1. The average Bonchev–Trinajstić information content (AvgIpc) is 2.83. The summed E-state index contributed by atoms with van der Waals surface area (Å²) in [7, 11) is -2.80. The van der Waals surface area contributed by atoms with Gasteiger partial charge >= 0.3 is 12.1 Å². The maximum absolute atomic E-state index is 13.3. The molecule has 0 saturated carbocycles. The topological polar surface area (TPSA) is 84.0 Å². The first-order chi connectivity index (χ1) is 16.4. The van der Waals surface area contributed by atoms with Gasteiger partial charge in [0.05, 0.1) is 16.4 Å². The number of carbonyl (C=O) groups excluding carboxylic acids is 2. The molecule has 35 heavy (non-hydrogen) atoms. The van der Waals surface area contributed by atoms with E-state index >= 15 is 0 Å². The molecule has 0 aliphatic carbocycles. The van der Waals surface area contributed by atoms with Crippen LogP contribution in [0.1, 0.15) is 30.9 Å². The molecule has 0 unspecified atom stereocenters. The van der Waals surface area contributed by atoms with Crippen LogP contribution in [0.5, 0.6) is 0 Å². The van der Waals surface area contributed by atoms with Gasteiger partial charge in [0, 0.05) is 26.7 Å². The molecule has 1 saturated heterocycles. The number of hydrogen-bond acceptors (Lipinski definition) is 5. The Hall–Kier alpha value is -2.92. The second-order valence-corrected chi connectivity index (χ2v) is 10.3. The lowest BCUT2D eigenvalue weighted by atomic mass is 9.98. The largest absolute Gasteiger partial charge is 0.452 e. The lowest BCUT2D eigenvalue weighted by Gasteiger charge is -2.31. The van der Waals surface area contributed by atoms with Gasteiger partial charge in [-0.25, -0.2) is 8.42 Å². The van der Waals surface area contributed by atoms with E-state index in [1.807, 2.05) is 30.3 Å². The Morgan fingerprint density at radius 1 is 1.06 bits per heavy atom. The molecule has 1 aliphatic rings. The summed E-state index contributed by atoms with van der Waals surface area (Å²) < 4.78 is 72.0. The molecule has 1 aliphatic heterocycles. The molecule has 0 radical (unpaired) electrons. The minimum Gasteiger partial charge on any atom is -0.452 e. The number of ether oxygens (including phenoxy) is 1. The van der Waals surface area contributed by atoms with Crippen molar-refractivity contribution in [2.45, 2.75) is 43.5 Å². The molecule has 1 fully saturated rings. The zero-order valence-electron chi connectivity index (χ0n) is 19.4. The Labute approximate surface area is 202 Å². The van der Waals surface area contributed by atoms with Crippen LogP contribution in [-0.2, 0) is 37.1 Å². The van der Waals surface area contributed by atoms with E-state index in [1.54, 1.807) is 7.05 Å². The fourth-order valence-electron chi connectivity index (χ4n) is 3.96. The van der Waals surface area contributed by atoms with Crippen LogP contribution in [0.3, 0.4) is 0 Å². The highest BCUT2D eigenvalue weighted by Gasteiger charge is 2.40. The van der Waals surface area contributed by atoms with E-state index < -0.39 is 44.6 Å². The number of halogens is 3. The minimum atomic E-state index is -4.82. The Kier molecular flexibility index (Phi) is 8.22. The van der Waals surface area contributed by atoms with Gasteiger partial charge in [0.25, 0.3) is 5.91 Å². The zero-order chi connectivity index (χ0) is 25.8. The smallest absolute Gasteiger partial charge is 0.417 e. The number of rotatable bonds is 7. The third kappa shape index (κ3) is 6.40. The third-order valence-corrected chi connectivity index (χ3v) is 7.83. The van der Waals surface area contributed by atoms with Crippen molar-refractivity contribution in [2.75, 3.05) is 20.1 Å². The first kappa shape index (κ1) is 26.7. The quantitative estimate of drug-likeness (QED) is 0.529. The number of likely N-dealkylation sites (N-methyl/N-ethyl adjacent to an activating group) is 1. The monoisotopic (exact) mass is 512 g/mol. The second-order valence-electron chi connectivity index (χ2n) is 8.43. The summed E-state index contributed by atoms with van der Waals surface area (Å²) in [4.78, 5) is 25.8. The van der Waals surface area contributed by atoms with E-state index in [2.05, 4.69) is 0 Å². The average molecular weight is 513 g/mol. The van der Waals surface area contributed by atoms with E-state index in [9.17, 15) is 31.2 Å². The minimum absolute atomic E-state index is 0.0764. The predicted octanol–water partition coefficient (Wildman–Crippen LogP) is 3.70. The second kappa shape index (κ2) is 10.8. The Morgan fingerprint density at radius 3 is 2.23 bits per heavy atom. The molecule has 0 spiro atoms. The normalized spacial score (nSPS) is 16.5. The molecule has 3 rings (SSSR count). The molecule has 190 valence electrons. The van der Waals surface area contributed by atoms with Gasteiger partial charge in [-0.1, -0.05) is 42.5 Å². The molecule has 0 bridgehead atoms. The summed E-state index contributed by atoms with van der Waals surface area (Å²) in [6, 6.07) is 13.3. The van der Waals surface area contributed by atoms with Crippen molar-refractivity contribution in [2.24, 2.45) is 5.92 Å². The van der Waals surface area contributed by atoms with Gasteiger partial charge < -0.3 is 9.64 Å². The predicted molar refractivity (Wildman–Crippen MR) is 121 cm³/mol. The number of nitrogens with zero attached hydrogens (tertiary/aromatic N) is 2. The molecule has 1 heterocycles. The SMILES string of the molecule is C[C@@H](OC(=O)C1CCN(S(=O)(=O)c2ccccc2C(F)(F)F)CC1)C(=O)N(C)Cc1ccccc1. The highest BCUT2D eigenvalue weighted by atomic mass is 32.2. The Balaban J connectivity index is 1.58. The van der Waals surface area contributed by atoms with E-state index in [1.165, 1.54) is 17.9 Å². The number of piperidine rings is 1. The lowest BCUT2D eigenvalue weighted by Crippen LogP contribution is -2.43. The number of hydrogen-bond donors (Lipinski definition) is 0. The number of benzene rings is 2.